The predicted octanol–water partition coefficient (Wildman–Crippen LogP) is 3.33. The summed E-state index contributed by atoms with van der Waals surface area (Å²) < 4.78 is 27.5. The predicted molar refractivity (Wildman–Crippen MR) is 110 cm³/mol. The number of halogens is 1. The molecule has 1 aliphatic heterocycles. The molecular weight excluding hydrogens is 373 g/mol. The Labute approximate surface area is 169 Å². The van der Waals surface area contributed by atoms with Gasteiger partial charge in [-0.05, 0) is 63.2 Å². The number of benzene rings is 1. The van der Waals surface area contributed by atoms with Crippen LogP contribution in [-0.2, 0) is 4.74 Å². The fourth-order valence-corrected chi connectivity index (χ4v) is 3.88. The summed E-state index contributed by atoms with van der Waals surface area (Å²) in [4.78, 5) is 2.30. The van der Waals surface area contributed by atoms with Crippen LogP contribution in [0.3, 0.4) is 0 Å². The smallest absolute Gasteiger partial charge is 0.228 e. The van der Waals surface area contributed by atoms with Gasteiger partial charge in [-0.2, -0.15) is 0 Å². The molecule has 3 heterocycles. The van der Waals surface area contributed by atoms with Crippen LogP contribution in [0.15, 0.2) is 30.5 Å². The van der Waals surface area contributed by atoms with Crippen LogP contribution in [0.4, 0.5) is 10.3 Å². The van der Waals surface area contributed by atoms with Gasteiger partial charge in [0, 0.05) is 25.9 Å². The van der Waals surface area contributed by atoms with Crippen LogP contribution in [0.25, 0.3) is 16.8 Å². The van der Waals surface area contributed by atoms with Gasteiger partial charge in [-0.3, -0.25) is 4.40 Å². The molecule has 0 aliphatic carbocycles. The van der Waals surface area contributed by atoms with Gasteiger partial charge in [0.15, 0.2) is 6.79 Å². The largest absolute Gasteiger partial charge is 0.467 e. The third-order valence-electron chi connectivity index (χ3n) is 5.19. The van der Waals surface area contributed by atoms with E-state index in [2.05, 4.69) is 27.5 Å². The van der Waals surface area contributed by atoms with E-state index in [4.69, 9.17) is 9.47 Å². The number of methoxy groups -OCH3 is 1. The molecule has 0 radical (unpaired) electrons. The van der Waals surface area contributed by atoms with Crippen LogP contribution in [0.2, 0.25) is 0 Å². The second kappa shape index (κ2) is 8.34. The first-order valence-corrected chi connectivity index (χ1v) is 9.78. The molecule has 1 aromatic carbocycles. The first-order chi connectivity index (χ1) is 14.1. The summed E-state index contributed by atoms with van der Waals surface area (Å²) in [5.74, 6) is 0.639. The first-order valence-electron chi connectivity index (χ1n) is 9.78. The number of fused-ring (bicyclic) bond motifs is 1. The fourth-order valence-electron chi connectivity index (χ4n) is 3.88. The Morgan fingerprint density at radius 3 is 2.97 bits per heavy atom. The molecule has 3 aromatic rings. The van der Waals surface area contributed by atoms with Crippen LogP contribution >= 0.6 is 0 Å². The molecule has 0 bridgehead atoms. The first kappa shape index (κ1) is 19.6. The lowest BCUT2D eigenvalue weighted by Crippen LogP contribution is -2.40. The van der Waals surface area contributed by atoms with E-state index in [1.54, 1.807) is 6.07 Å². The average Bonchev–Trinajstić information content (AvgIpc) is 3.17. The summed E-state index contributed by atoms with van der Waals surface area (Å²) in [6.07, 6.45) is 4.13. The number of hydrogen-bond donors (Lipinski definition) is 1. The topological polar surface area (TPSA) is 63.9 Å². The molecule has 1 atom stereocenters. The Morgan fingerprint density at radius 1 is 1.31 bits per heavy atom. The van der Waals surface area contributed by atoms with Gasteiger partial charge in [0.2, 0.25) is 5.95 Å². The van der Waals surface area contributed by atoms with Crippen LogP contribution in [0.1, 0.15) is 18.4 Å². The van der Waals surface area contributed by atoms with Crippen LogP contribution in [0.5, 0.6) is 5.75 Å². The van der Waals surface area contributed by atoms with E-state index in [-0.39, 0.29) is 12.4 Å². The van der Waals surface area contributed by atoms with Crippen molar-refractivity contribution in [2.45, 2.75) is 25.8 Å². The molecule has 0 amide bonds. The lowest BCUT2D eigenvalue weighted by atomic mass is 10.1. The molecule has 1 saturated heterocycles. The molecule has 8 heteroatoms. The number of nitrogens with one attached hydrogen (secondary N) is 1. The molecule has 1 N–H and O–H groups in total. The summed E-state index contributed by atoms with van der Waals surface area (Å²) in [6, 6.07) is 7.36. The SMILES string of the molecule is COCOc1cc(C)cc(F)c1-c1nnc(N[C@@H]2CCCN(C)C2)n2cccc12. The van der Waals surface area contributed by atoms with Crippen molar-refractivity contribution < 1.29 is 13.9 Å². The summed E-state index contributed by atoms with van der Waals surface area (Å²) in [7, 11) is 3.65. The fraction of sp³-hybridized carbons (Fsp3) is 0.429. The number of aromatic nitrogens is 3. The quantitative estimate of drug-likeness (QED) is 0.642. The lowest BCUT2D eigenvalue weighted by molar-refractivity contribution is 0.0513. The molecule has 1 fully saturated rings. The Hall–Kier alpha value is -2.71. The van der Waals surface area contributed by atoms with Crippen molar-refractivity contribution in [3.8, 4) is 17.0 Å². The number of rotatable bonds is 6. The molecular formula is C21H26FN5O2. The van der Waals surface area contributed by atoms with Crippen molar-refractivity contribution in [3.05, 3.63) is 41.8 Å². The van der Waals surface area contributed by atoms with Gasteiger partial charge in [0.1, 0.15) is 17.3 Å². The van der Waals surface area contributed by atoms with Gasteiger partial charge in [-0.25, -0.2) is 4.39 Å². The highest BCUT2D eigenvalue weighted by Crippen LogP contribution is 2.35. The van der Waals surface area contributed by atoms with Crippen molar-refractivity contribution >= 4 is 11.5 Å². The van der Waals surface area contributed by atoms with Crippen molar-refractivity contribution in [3.63, 3.8) is 0 Å². The van der Waals surface area contributed by atoms with Gasteiger partial charge in [0.05, 0.1) is 11.1 Å². The highest BCUT2D eigenvalue weighted by Gasteiger charge is 2.22. The Bertz CT molecular complexity index is 1010. The van der Waals surface area contributed by atoms with Crippen LogP contribution in [-0.4, -0.2) is 59.6 Å². The average molecular weight is 399 g/mol. The van der Waals surface area contributed by atoms with Crippen molar-refractivity contribution in [2.24, 2.45) is 0 Å². The molecule has 1 aliphatic rings. The maximum atomic E-state index is 15.0. The zero-order valence-electron chi connectivity index (χ0n) is 17.0. The van der Waals surface area contributed by atoms with E-state index in [0.29, 0.717) is 23.4 Å². The molecule has 0 spiro atoms. The van der Waals surface area contributed by atoms with Gasteiger partial charge in [-0.1, -0.05) is 0 Å². The third kappa shape index (κ3) is 4.04. The second-order valence-electron chi connectivity index (χ2n) is 7.55. The number of likely N-dealkylation sites (tertiary alicyclic amines) is 1. The molecule has 0 unspecified atom stereocenters. The van der Waals surface area contributed by atoms with Crippen LogP contribution in [0, 0.1) is 12.7 Å². The van der Waals surface area contributed by atoms with E-state index >= 15 is 0 Å². The summed E-state index contributed by atoms with van der Waals surface area (Å²) in [5, 5.41) is 12.3. The van der Waals surface area contributed by atoms with Crippen molar-refractivity contribution in [1.29, 1.82) is 0 Å². The standard InChI is InChI=1S/C21H26FN5O2/c1-14-10-16(22)19(18(11-14)29-13-28-3)20-17-7-5-9-27(17)21(25-24-20)23-15-6-4-8-26(2)12-15/h5,7,9-11,15H,4,6,8,12-13H2,1-3H3,(H,23,25)/t15-/m1/s1. The van der Waals surface area contributed by atoms with E-state index in [9.17, 15) is 4.39 Å². The minimum atomic E-state index is -0.400. The number of nitrogens with zero attached hydrogens (tertiary/aromatic N) is 4. The maximum absolute atomic E-state index is 15.0. The van der Waals surface area contributed by atoms with Gasteiger partial charge in [0.25, 0.3) is 0 Å². The highest BCUT2D eigenvalue weighted by molar-refractivity contribution is 5.82. The number of aryl methyl sites for hydroxylation is 1. The summed E-state index contributed by atoms with van der Waals surface area (Å²) in [6.45, 7) is 3.90. The number of hydrogen-bond acceptors (Lipinski definition) is 6. The Morgan fingerprint density at radius 2 is 2.17 bits per heavy atom. The molecule has 154 valence electrons. The number of piperidine rings is 1. The number of anilines is 1. The monoisotopic (exact) mass is 399 g/mol. The molecule has 4 rings (SSSR count). The minimum absolute atomic E-state index is 0.0233. The summed E-state index contributed by atoms with van der Waals surface area (Å²) >= 11 is 0. The van der Waals surface area contributed by atoms with E-state index in [0.717, 1.165) is 37.0 Å². The van der Waals surface area contributed by atoms with E-state index in [1.807, 2.05) is 29.7 Å². The van der Waals surface area contributed by atoms with E-state index in [1.165, 1.54) is 13.2 Å². The summed E-state index contributed by atoms with van der Waals surface area (Å²) in [5.41, 5.74) is 2.24. The second-order valence-corrected chi connectivity index (χ2v) is 7.55. The highest BCUT2D eigenvalue weighted by atomic mass is 19.1. The van der Waals surface area contributed by atoms with Gasteiger partial charge in [-0.15, -0.1) is 10.2 Å². The van der Waals surface area contributed by atoms with Crippen LogP contribution < -0.4 is 10.1 Å². The maximum Gasteiger partial charge on any atom is 0.228 e. The third-order valence-corrected chi connectivity index (χ3v) is 5.19. The Balaban J connectivity index is 1.74. The molecule has 7 nitrogen and oxygen atoms in total. The van der Waals surface area contributed by atoms with Gasteiger partial charge < -0.3 is 19.7 Å². The zero-order valence-corrected chi connectivity index (χ0v) is 17.0. The van der Waals surface area contributed by atoms with Gasteiger partial charge >= 0.3 is 0 Å². The zero-order chi connectivity index (χ0) is 20.4. The molecule has 0 saturated carbocycles. The Kier molecular flexibility index (Phi) is 5.64. The minimum Gasteiger partial charge on any atom is -0.467 e. The lowest BCUT2D eigenvalue weighted by Gasteiger charge is -2.30. The van der Waals surface area contributed by atoms with E-state index < -0.39 is 5.82 Å². The van der Waals surface area contributed by atoms with Crippen molar-refractivity contribution in [2.75, 3.05) is 39.4 Å². The normalized spacial score (nSPS) is 17.6. The molecule has 2 aromatic heterocycles. The number of ether oxygens (including phenoxy) is 2. The number of likely N-dealkylation sites (N-methyl/N-ethyl adjacent to an activating group) is 1. The molecule has 29 heavy (non-hydrogen) atoms. The van der Waals surface area contributed by atoms with Crippen molar-refractivity contribution in [1.82, 2.24) is 19.5 Å².